The minimum Gasteiger partial charge on any atom is -0.440 e. The second-order valence-corrected chi connectivity index (χ2v) is 3.60. The minimum absolute atomic E-state index is 0.187. The Hall–Kier alpha value is -1.45. The fourth-order valence-electron chi connectivity index (χ4n) is 1.04. The SMILES string of the molecule is CC(C)[C@@H](C#N)N(C)C(=O)OCC(F)(F)F. The number of nitrogens with zero attached hydrogens (tertiary/aromatic N) is 2. The first-order valence-corrected chi connectivity index (χ1v) is 4.55. The van der Waals surface area contributed by atoms with Crippen molar-refractivity contribution in [3.63, 3.8) is 0 Å². The molecular weight excluding hydrogens is 225 g/mol. The number of halogens is 3. The molecule has 0 unspecified atom stereocenters. The van der Waals surface area contributed by atoms with Crippen molar-refractivity contribution in [3.05, 3.63) is 0 Å². The van der Waals surface area contributed by atoms with Crippen LogP contribution >= 0.6 is 0 Å². The Morgan fingerprint density at radius 3 is 2.31 bits per heavy atom. The molecule has 0 radical (unpaired) electrons. The highest BCUT2D eigenvalue weighted by Crippen LogP contribution is 2.16. The molecule has 0 saturated carbocycles. The number of carbonyl (C=O) groups is 1. The van der Waals surface area contributed by atoms with Gasteiger partial charge in [0.15, 0.2) is 6.61 Å². The van der Waals surface area contributed by atoms with Crippen molar-refractivity contribution >= 4 is 6.09 Å². The molecule has 7 heteroatoms. The van der Waals surface area contributed by atoms with Crippen LogP contribution in [0.1, 0.15) is 13.8 Å². The summed E-state index contributed by atoms with van der Waals surface area (Å²) in [6.45, 7) is 1.72. The lowest BCUT2D eigenvalue weighted by Gasteiger charge is -2.24. The number of rotatable bonds is 3. The van der Waals surface area contributed by atoms with Gasteiger partial charge in [-0.3, -0.25) is 4.90 Å². The van der Waals surface area contributed by atoms with Gasteiger partial charge in [0, 0.05) is 7.05 Å². The number of nitriles is 1. The van der Waals surface area contributed by atoms with Crippen molar-refractivity contribution in [2.75, 3.05) is 13.7 Å². The molecule has 4 nitrogen and oxygen atoms in total. The van der Waals surface area contributed by atoms with E-state index in [2.05, 4.69) is 4.74 Å². The fourth-order valence-corrected chi connectivity index (χ4v) is 1.04. The van der Waals surface area contributed by atoms with Gasteiger partial charge in [-0.15, -0.1) is 0 Å². The molecule has 0 bridgehead atoms. The summed E-state index contributed by atoms with van der Waals surface area (Å²) in [5.41, 5.74) is 0. The van der Waals surface area contributed by atoms with E-state index in [0.717, 1.165) is 4.90 Å². The maximum Gasteiger partial charge on any atom is 0.422 e. The summed E-state index contributed by atoms with van der Waals surface area (Å²) < 4.78 is 39.3. The van der Waals surface area contributed by atoms with E-state index in [9.17, 15) is 18.0 Å². The van der Waals surface area contributed by atoms with Gasteiger partial charge in [-0.05, 0) is 5.92 Å². The van der Waals surface area contributed by atoms with Crippen molar-refractivity contribution in [3.8, 4) is 6.07 Å². The summed E-state index contributed by atoms with van der Waals surface area (Å²) >= 11 is 0. The van der Waals surface area contributed by atoms with Crippen LogP contribution in [0.25, 0.3) is 0 Å². The van der Waals surface area contributed by atoms with Crippen LogP contribution in [-0.2, 0) is 4.74 Å². The third-order valence-corrected chi connectivity index (χ3v) is 1.83. The number of amides is 1. The number of alkyl halides is 3. The Morgan fingerprint density at radius 1 is 1.50 bits per heavy atom. The molecule has 0 aromatic carbocycles. The molecule has 16 heavy (non-hydrogen) atoms. The molecule has 1 atom stereocenters. The summed E-state index contributed by atoms with van der Waals surface area (Å²) in [5, 5.41) is 8.72. The van der Waals surface area contributed by atoms with Gasteiger partial charge >= 0.3 is 12.3 Å². The molecule has 1 amide bonds. The predicted molar refractivity (Wildman–Crippen MR) is 49.4 cm³/mol. The number of carbonyl (C=O) groups excluding carboxylic acids is 1. The molecule has 0 aliphatic carbocycles. The van der Waals surface area contributed by atoms with Crippen LogP contribution < -0.4 is 0 Å². The van der Waals surface area contributed by atoms with Crippen LogP contribution in [0.2, 0.25) is 0 Å². The van der Waals surface area contributed by atoms with Crippen LogP contribution in [0.4, 0.5) is 18.0 Å². The van der Waals surface area contributed by atoms with Gasteiger partial charge in [0.2, 0.25) is 0 Å². The van der Waals surface area contributed by atoms with Gasteiger partial charge in [0.25, 0.3) is 0 Å². The summed E-state index contributed by atoms with van der Waals surface area (Å²) in [5.74, 6) is -0.187. The Balaban J connectivity index is 4.34. The maximum absolute atomic E-state index is 11.8. The molecular formula is C9H13F3N2O2. The molecule has 92 valence electrons. The smallest absolute Gasteiger partial charge is 0.422 e. The molecule has 0 rings (SSSR count). The van der Waals surface area contributed by atoms with Crippen molar-refractivity contribution in [2.24, 2.45) is 5.92 Å². The van der Waals surface area contributed by atoms with Gasteiger partial charge in [0.05, 0.1) is 6.07 Å². The molecule has 0 aliphatic rings. The van der Waals surface area contributed by atoms with E-state index < -0.39 is 24.9 Å². The average molecular weight is 238 g/mol. The Morgan fingerprint density at radius 2 is 2.00 bits per heavy atom. The number of ether oxygens (including phenoxy) is 1. The summed E-state index contributed by atoms with van der Waals surface area (Å²) in [6, 6.07) is 1.02. The summed E-state index contributed by atoms with van der Waals surface area (Å²) in [6.07, 6.45) is -5.71. The number of hydrogen-bond donors (Lipinski definition) is 0. The van der Waals surface area contributed by atoms with E-state index in [1.807, 2.05) is 6.07 Å². The minimum atomic E-state index is -4.56. The largest absolute Gasteiger partial charge is 0.440 e. The van der Waals surface area contributed by atoms with Gasteiger partial charge in [-0.1, -0.05) is 13.8 Å². The van der Waals surface area contributed by atoms with Crippen LogP contribution in [-0.4, -0.2) is 36.9 Å². The highest BCUT2D eigenvalue weighted by molar-refractivity contribution is 5.68. The lowest BCUT2D eigenvalue weighted by molar-refractivity contribution is -0.162. The zero-order valence-electron chi connectivity index (χ0n) is 9.21. The maximum atomic E-state index is 11.8. The Labute approximate surface area is 91.6 Å². The molecule has 0 aromatic heterocycles. The molecule has 0 aliphatic heterocycles. The normalized spacial score (nSPS) is 13.1. The molecule has 0 saturated heterocycles. The molecule has 0 aromatic rings. The van der Waals surface area contributed by atoms with Gasteiger partial charge < -0.3 is 4.74 Å². The zero-order valence-corrected chi connectivity index (χ0v) is 9.21. The third kappa shape index (κ3) is 4.87. The van der Waals surface area contributed by atoms with E-state index in [1.54, 1.807) is 13.8 Å². The highest BCUT2D eigenvalue weighted by atomic mass is 19.4. The van der Waals surface area contributed by atoms with Crippen molar-refractivity contribution < 1.29 is 22.7 Å². The molecule has 0 fully saturated rings. The summed E-state index contributed by atoms with van der Waals surface area (Å²) in [7, 11) is 1.23. The van der Waals surface area contributed by atoms with E-state index in [4.69, 9.17) is 5.26 Å². The van der Waals surface area contributed by atoms with Crippen molar-refractivity contribution in [1.82, 2.24) is 4.90 Å². The first-order chi connectivity index (χ1) is 7.19. The lowest BCUT2D eigenvalue weighted by Crippen LogP contribution is -2.40. The molecule has 0 heterocycles. The predicted octanol–water partition coefficient (Wildman–Crippen LogP) is 2.17. The van der Waals surface area contributed by atoms with E-state index in [0.29, 0.717) is 0 Å². The number of hydrogen-bond acceptors (Lipinski definition) is 3. The van der Waals surface area contributed by atoms with Crippen molar-refractivity contribution in [2.45, 2.75) is 26.1 Å². The van der Waals surface area contributed by atoms with Crippen LogP contribution in [0.15, 0.2) is 0 Å². The van der Waals surface area contributed by atoms with Crippen LogP contribution in [0.3, 0.4) is 0 Å². The van der Waals surface area contributed by atoms with E-state index in [1.165, 1.54) is 7.05 Å². The average Bonchev–Trinajstić information content (AvgIpc) is 2.13. The first kappa shape index (κ1) is 14.6. The Bertz CT molecular complexity index is 283. The topological polar surface area (TPSA) is 53.3 Å². The second-order valence-electron chi connectivity index (χ2n) is 3.60. The standard InChI is InChI=1S/C9H13F3N2O2/c1-6(2)7(4-13)14(3)8(15)16-5-9(10,11)12/h6-7H,5H2,1-3H3/t7-/m1/s1. The van der Waals surface area contributed by atoms with E-state index >= 15 is 0 Å². The van der Waals surface area contributed by atoms with Gasteiger partial charge in [0.1, 0.15) is 6.04 Å². The van der Waals surface area contributed by atoms with Crippen LogP contribution in [0.5, 0.6) is 0 Å². The van der Waals surface area contributed by atoms with Gasteiger partial charge in [-0.25, -0.2) is 4.79 Å². The quantitative estimate of drug-likeness (QED) is 0.757. The van der Waals surface area contributed by atoms with Gasteiger partial charge in [-0.2, -0.15) is 18.4 Å². The third-order valence-electron chi connectivity index (χ3n) is 1.83. The lowest BCUT2D eigenvalue weighted by atomic mass is 10.1. The first-order valence-electron chi connectivity index (χ1n) is 4.55. The van der Waals surface area contributed by atoms with Crippen LogP contribution in [0, 0.1) is 17.2 Å². The summed E-state index contributed by atoms with van der Waals surface area (Å²) in [4.78, 5) is 12.0. The van der Waals surface area contributed by atoms with Crippen molar-refractivity contribution in [1.29, 1.82) is 5.26 Å². The highest BCUT2D eigenvalue weighted by Gasteiger charge is 2.32. The monoisotopic (exact) mass is 238 g/mol. The Kier molecular flexibility index (Phi) is 5.08. The fraction of sp³-hybridized carbons (Fsp3) is 0.778. The zero-order chi connectivity index (χ0) is 12.9. The molecule has 0 N–H and O–H groups in total. The van der Waals surface area contributed by atoms with E-state index in [-0.39, 0.29) is 5.92 Å². The second kappa shape index (κ2) is 5.58. The molecule has 0 spiro atoms.